The molecule has 3 heterocycles. The lowest BCUT2D eigenvalue weighted by Crippen LogP contribution is -2.23. The number of aryl methyl sites for hydroxylation is 6. The summed E-state index contributed by atoms with van der Waals surface area (Å²) in [5.74, 6) is 0.612. The van der Waals surface area contributed by atoms with E-state index in [2.05, 4.69) is 17.3 Å². The molecule has 0 radical (unpaired) electrons. The first kappa shape index (κ1) is 22.9. The zero-order valence-electron chi connectivity index (χ0n) is 19.8. The summed E-state index contributed by atoms with van der Waals surface area (Å²) in [4.78, 5) is 33.6. The normalized spacial score (nSPS) is 13.3. The number of nitrogens with one attached hydrogen (secondary N) is 1. The van der Waals surface area contributed by atoms with Crippen molar-refractivity contribution < 1.29 is 4.79 Å². The smallest absolute Gasteiger partial charge is 0.267 e. The number of nitrogens with zero attached hydrogens (tertiary/aromatic N) is 4. The van der Waals surface area contributed by atoms with Crippen LogP contribution in [-0.4, -0.2) is 31.0 Å². The fourth-order valence-corrected chi connectivity index (χ4v) is 6.53. The fourth-order valence-electron chi connectivity index (χ4n) is 4.41. The number of anilines is 1. The molecule has 0 fully saturated rings. The lowest BCUT2D eigenvalue weighted by molar-refractivity contribution is -0.113. The van der Waals surface area contributed by atoms with Gasteiger partial charge in [0.1, 0.15) is 10.6 Å². The number of carbonyl (C=O) groups is 1. The Bertz CT molecular complexity index is 1480. The average molecular weight is 494 g/mol. The van der Waals surface area contributed by atoms with Gasteiger partial charge in [0.15, 0.2) is 5.16 Å². The van der Waals surface area contributed by atoms with E-state index in [1.165, 1.54) is 27.8 Å². The number of thiophene rings is 1. The quantitative estimate of drug-likeness (QED) is 0.321. The molecule has 1 amide bonds. The number of benzene rings is 1. The van der Waals surface area contributed by atoms with Crippen molar-refractivity contribution in [3.8, 4) is 5.69 Å². The van der Waals surface area contributed by atoms with Crippen LogP contribution in [0.15, 0.2) is 34.2 Å². The molecular formula is C25H27N5O2S2. The molecule has 176 valence electrons. The number of aromatic nitrogens is 4. The number of amides is 1. The highest BCUT2D eigenvalue weighted by molar-refractivity contribution is 7.99. The monoisotopic (exact) mass is 493 g/mol. The summed E-state index contributed by atoms with van der Waals surface area (Å²) in [6, 6.07) is 7.83. The van der Waals surface area contributed by atoms with Crippen LogP contribution in [0.2, 0.25) is 0 Å². The van der Waals surface area contributed by atoms with Crippen molar-refractivity contribution in [2.45, 2.75) is 51.6 Å². The highest BCUT2D eigenvalue weighted by atomic mass is 32.2. The van der Waals surface area contributed by atoms with Gasteiger partial charge < -0.3 is 5.32 Å². The molecule has 34 heavy (non-hydrogen) atoms. The second-order valence-corrected chi connectivity index (χ2v) is 10.9. The highest BCUT2D eigenvalue weighted by Gasteiger charge is 2.23. The molecule has 1 N–H and O–H groups in total. The molecule has 1 aromatic carbocycles. The summed E-state index contributed by atoms with van der Waals surface area (Å²) < 4.78 is 3.33. The number of hydrogen-bond acceptors (Lipinski definition) is 6. The summed E-state index contributed by atoms with van der Waals surface area (Å²) >= 11 is 2.91. The SMILES string of the molecule is Cc1cc(NC(=O)CSc2nc3sc4c(c3c(=O)n2-c2ccc(C)c(C)c2)CCCC4)n(C)n1. The van der Waals surface area contributed by atoms with E-state index in [0.717, 1.165) is 52.8 Å². The molecule has 0 saturated heterocycles. The van der Waals surface area contributed by atoms with E-state index >= 15 is 0 Å². The second kappa shape index (κ2) is 9.03. The van der Waals surface area contributed by atoms with Gasteiger partial charge in [-0.2, -0.15) is 5.10 Å². The van der Waals surface area contributed by atoms with Crippen LogP contribution in [-0.2, 0) is 24.7 Å². The predicted octanol–water partition coefficient (Wildman–Crippen LogP) is 4.72. The molecular weight excluding hydrogens is 466 g/mol. The van der Waals surface area contributed by atoms with Gasteiger partial charge >= 0.3 is 0 Å². The summed E-state index contributed by atoms with van der Waals surface area (Å²) in [6.07, 6.45) is 4.19. The molecule has 4 aromatic rings. The van der Waals surface area contributed by atoms with Crippen LogP contribution in [0, 0.1) is 20.8 Å². The van der Waals surface area contributed by atoms with Crippen LogP contribution >= 0.6 is 23.1 Å². The third-order valence-electron chi connectivity index (χ3n) is 6.31. The van der Waals surface area contributed by atoms with Crippen molar-refractivity contribution in [1.29, 1.82) is 0 Å². The van der Waals surface area contributed by atoms with Crippen molar-refractivity contribution in [1.82, 2.24) is 19.3 Å². The van der Waals surface area contributed by atoms with Crippen LogP contribution in [0.5, 0.6) is 0 Å². The van der Waals surface area contributed by atoms with Crippen LogP contribution in [0.1, 0.15) is 40.1 Å². The zero-order chi connectivity index (χ0) is 24.0. The van der Waals surface area contributed by atoms with E-state index in [1.807, 2.05) is 38.1 Å². The molecule has 0 aliphatic heterocycles. The van der Waals surface area contributed by atoms with Crippen molar-refractivity contribution in [2.24, 2.45) is 7.05 Å². The maximum atomic E-state index is 13.9. The van der Waals surface area contributed by atoms with Gasteiger partial charge in [0.2, 0.25) is 5.91 Å². The van der Waals surface area contributed by atoms with E-state index < -0.39 is 0 Å². The average Bonchev–Trinajstić information content (AvgIpc) is 3.33. The van der Waals surface area contributed by atoms with Crippen LogP contribution in [0.25, 0.3) is 15.9 Å². The summed E-state index contributed by atoms with van der Waals surface area (Å²) in [5.41, 5.74) is 5.02. The lowest BCUT2D eigenvalue weighted by atomic mass is 9.97. The Morgan fingerprint density at radius 2 is 1.94 bits per heavy atom. The maximum Gasteiger partial charge on any atom is 0.267 e. The molecule has 1 aliphatic rings. The number of rotatable bonds is 5. The number of fused-ring (bicyclic) bond motifs is 3. The Kier molecular flexibility index (Phi) is 6.07. The topological polar surface area (TPSA) is 81.8 Å². The van der Waals surface area contributed by atoms with E-state index in [9.17, 15) is 9.59 Å². The molecule has 5 rings (SSSR count). The lowest BCUT2D eigenvalue weighted by Gasteiger charge is -2.14. The molecule has 9 heteroatoms. The third kappa shape index (κ3) is 4.18. The van der Waals surface area contributed by atoms with Gasteiger partial charge in [-0.1, -0.05) is 17.8 Å². The van der Waals surface area contributed by atoms with Crippen LogP contribution < -0.4 is 10.9 Å². The van der Waals surface area contributed by atoms with Crippen molar-refractivity contribution in [3.05, 3.63) is 61.9 Å². The highest BCUT2D eigenvalue weighted by Crippen LogP contribution is 2.35. The van der Waals surface area contributed by atoms with Crippen LogP contribution in [0.4, 0.5) is 5.82 Å². The van der Waals surface area contributed by atoms with Crippen molar-refractivity contribution in [3.63, 3.8) is 0 Å². The summed E-state index contributed by atoms with van der Waals surface area (Å²) in [6.45, 7) is 5.98. The second-order valence-electron chi connectivity index (χ2n) is 8.83. The van der Waals surface area contributed by atoms with Gasteiger partial charge in [-0.25, -0.2) is 4.98 Å². The van der Waals surface area contributed by atoms with E-state index in [0.29, 0.717) is 11.0 Å². The Labute approximate surface area is 206 Å². The van der Waals surface area contributed by atoms with E-state index in [1.54, 1.807) is 27.6 Å². The molecule has 0 spiro atoms. The van der Waals surface area contributed by atoms with Crippen molar-refractivity contribution >= 4 is 45.0 Å². The largest absolute Gasteiger partial charge is 0.310 e. The first-order valence-electron chi connectivity index (χ1n) is 11.4. The minimum atomic E-state index is -0.167. The number of thioether (sulfide) groups is 1. The van der Waals surface area contributed by atoms with Crippen LogP contribution in [0.3, 0.4) is 0 Å². The Morgan fingerprint density at radius 3 is 2.68 bits per heavy atom. The minimum Gasteiger partial charge on any atom is -0.310 e. The molecule has 0 saturated carbocycles. The van der Waals surface area contributed by atoms with Gasteiger partial charge in [-0.15, -0.1) is 11.3 Å². The Balaban J connectivity index is 1.55. The number of carbonyl (C=O) groups excluding carboxylic acids is 1. The fraction of sp³-hybridized carbons (Fsp3) is 0.360. The Hall–Kier alpha value is -2.91. The minimum absolute atomic E-state index is 0.0437. The first-order valence-corrected chi connectivity index (χ1v) is 13.2. The third-order valence-corrected chi connectivity index (χ3v) is 8.43. The molecule has 3 aromatic heterocycles. The molecule has 0 unspecified atom stereocenters. The van der Waals surface area contributed by atoms with Gasteiger partial charge in [-0.05, 0) is 75.3 Å². The van der Waals surface area contributed by atoms with E-state index in [-0.39, 0.29) is 17.2 Å². The number of hydrogen-bond donors (Lipinski definition) is 1. The summed E-state index contributed by atoms with van der Waals surface area (Å²) in [5, 5.41) is 8.45. The van der Waals surface area contributed by atoms with Gasteiger partial charge in [0.25, 0.3) is 5.56 Å². The molecule has 0 atom stereocenters. The van der Waals surface area contributed by atoms with Gasteiger partial charge in [0, 0.05) is 18.0 Å². The van der Waals surface area contributed by atoms with Gasteiger partial charge in [-0.3, -0.25) is 18.8 Å². The zero-order valence-corrected chi connectivity index (χ0v) is 21.4. The first-order chi connectivity index (χ1) is 16.3. The predicted molar refractivity (Wildman–Crippen MR) is 139 cm³/mol. The molecule has 7 nitrogen and oxygen atoms in total. The molecule has 0 bridgehead atoms. The van der Waals surface area contributed by atoms with E-state index in [4.69, 9.17) is 4.98 Å². The van der Waals surface area contributed by atoms with Gasteiger partial charge in [0.05, 0.1) is 22.5 Å². The molecule has 1 aliphatic carbocycles. The van der Waals surface area contributed by atoms with Crippen molar-refractivity contribution in [2.75, 3.05) is 11.1 Å². The summed E-state index contributed by atoms with van der Waals surface area (Å²) in [7, 11) is 1.79. The maximum absolute atomic E-state index is 13.9. The Morgan fingerprint density at radius 1 is 1.15 bits per heavy atom. The standard InChI is InChI=1S/C25H27N5O2S2/c1-14-9-10-17(11-15(14)2)30-24(32)22-18-7-5-6-8-19(18)34-23(22)27-25(30)33-13-21(31)26-20-12-16(3)28-29(20)4/h9-12H,5-8,13H2,1-4H3,(H,26,31).